The molecule has 1 aliphatic heterocycles. The van der Waals surface area contributed by atoms with Gasteiger partial charge in [0, 0.05) is 18.9 Å². The normalized spacial score (nSPS) is 32.4. The van der Waals surface area contributed by atoms with Gasteiger partial charge in [0.25, 0.3) is 0 Å². The highest BCUT2D eigenvalue weighted by atomic mass is 16.7. The molecule has 0 aromatic heterocycles. The van der Waals surface area contributed by atoms with Crippen LogP contribution in [0, 0.1) is 34.5 Å². The van der Waals surface area contributed by atoms with E-state index in [1.54, 1.807) is 7.11 Å². The molecule has 0 bridgehead atoms. The van der Waals surface area contributed by atoms with Crippen LogP contribution < -0.4 is 4.74 Å². The second-order valence-electron chi connectivity index (χ2n) is 12.0. The van der Waals surface area contributed by atoms with Gasteiger partial charge in [0.05, 0.1) is 26.4 Å². The molecule has 0 N–H and O–H groups in total. The summed E-state index contributed by atoms with van der Waals surface area (Å²) in [4.78, 5) is 0. The number of allylic oxidation sites excluding steroid dienone is 1. The van der Waals surface area contributed by atoms with Crippen LogP contribution in [0.3, 0.4) is 0 Å². The van der Waals surface area contributed by atoms with Crippen LogP contribution in [-0.4, -0.2) is 39.3 Å². The van der Waals surface area contributed by atoms with E-state index in [9.17, 15) is 0 Å². The van der Waals surface area contributed by atoms with Crippen molar-refractivity contribution in [1.82, 2.24) is 0 Å². The van der Waals surface area contributed by atoms with Crippen molar-refractivity contribution in [2.24, 2.45) is 34.5 Å². The highest BCUT2D eigenvalue weighted by molar-refractivity contribution is 5.71. The average molecular weight is 485 g/mol. The highest BCUT2D eigenvalue weighted by Crippen LogP contribution is 2.67. The minimum atomic E-state index is -0.480. The first kappa shape index (κ1) is 26.7. The standard InChI is InChI=1S/C31H48O4/c1-9-25-27-15-17-31(34-18-19-35-31)30(27,6)20-26(23-10-12-24(33-8)13-11-23)28(25)29(5,21(2)3)16-14-22(4)32-7/h10-13,20-22,25,27-28H,9,14-19H2,1-8H3/t22-,25+,27+,28-,29+,30+/m1/s1. The number of hydrogen-bond donors (Lipinski definition) is 0. The van der Waals surface area contributed by atoms with Crippen LogP contribution >= 0.6 is 0 Å². The molecule has 3 aliphatic rings. The number of hydrogen-bond acceptors (Lipinski definition) is 4. The molecule has 4 heteroatoms. The maximum absolute atomic E-state index is 6.45. The molecule has 2 fully saturated rings. The van der Waals surface area contributed by atoms with Gasteiger partial charge in [0.1, 0.15) is 5.75 Å². The minimum Gasteiger partial charge on any atom is -0.497 e. The molecule has 0 radical (unpaired) electrons. The molecule has 1 aromatic rings. The Labute approximate surface area is 213 Å². The molecule has 2 aliphatic carbocycles. The van der Waals surface area contributed by atoms with Crippen LogP contribution in [0.1, 0.15) is 79.2 Å². The van der Waals surface area contributed by atoms with Gasteiger partial charge in [-0.3, -0.25) is 0 Å². The van der Waals surface area contributed by atoms with E-state index in [0.29, 0.717) is 36.9 Å². The predicted molar refractivity (Wildman–Crippen MR) is 142 cm³/mol. The van der Waals surface area contributed by atoms with Crippen molar-refractivity contribution in [3.8, 4) is 5.75 Å². The Morgan fingerprint density at radius 3 is 2.29 bits per heavy atom. The summed E-state index contributed by atoms with van der Waals surface area (Å²) < 4.78 is 24.1. The minimum absolute atomic E-state index is 0.131. The first-order valence-electron chi connectivity index (χ1n) is 13.8. The van der Waals surface area contributed by atoms with Gasteiger partial charge in [0.2, 0.25) is 0 Å². The Kier molecular flexibility index (Phi) is 7.77. The van der Waals surface area contributed by atoms with E-state index >= 15 is 0 Å². The lowest BCUT2D eigenvalue weighted by Gasteiger charge is -2.55. The van der Waals surface area contributed by atoms with E-state index in [4.69, 9.17) is 18.9 Å². The first-order chi connectivity index (χ1) is 16.7. The summed E-state index contributed by atoms with van der Waals surface area (Å²) in [6, 6.07) is 8.72. The third-order valence-corrected chi connectivity index (χ3v) is 10.3. The van der Waals surface area contributed by atoms with Crippen LogP contribution in [0.4, 0.5) is 0 Å². The zero-order valence-corrected chi connectivity index (χ0v) is 23.4. The third-order valence-electron chi connectivity index (χ3n) is 10.3. The average Bonchev–Trinajstić information content (AvgIpc) is 3.46. The summed E-state index contributed by atoms with van der Waals surface area (Å²) in [5.74, 6) is 2.55. The van der Waals surface area contributed by atoms with E-state index in [-0.39, 0.29) is 16.9 Å². The maximum atomic E-state index is 6.45. The quantitative estimate of drug-likeness (QED) is 0.367. The summed E-state index contributed by atoms with van der Waals surface area (Å²) in [5, 5.41) is 0. The molecule has 4 nitrogen and oxygen atoms in total. The Balaban J connectivity index is 1.88. The van der Waals surface area contributed by atoms with Gasteiger partial charge in [-0.1, -0.05) is 59.2 Å². The lowest BCUT2D eigenvalue weighted by molar-refractivity contribution is -0.214. The van der Waals surface area contributed by atoms with Crippen molar-refractivity contribution >= 4 is 5.57 Å². The van der Waals surface area contributed by atoms with Gasteiger partial charge in [-0.2, -0.15) is 0 Å². The van der Waals surface area contributed by atoms with Gasteiger partial charge in [-0.25, -0.2) is 0 Å². The van der Waals surface area contributed by atoms with E-state index < -0.39 is 5.79 Å². The molecular weight excluding hydrogens is 436 g/mol. The van der Waals surface area contributed by atoms with Gasteiger partial charge in [0.15, 0.2) is 5.79 Å². The number of fused-ring (bicyclic) bond motifs is 2. The molecule has 4 rings (SSSR count). The van der Waals surface area contributed by atoms with Crippen molar-refractivity contribution in [1.29, 1.82) is 0 Å². The summed E-state index contributed by atoms with van der Waals surface area (Å²) in [6.45, 7) is 15.8. The molecule has 196 valence electrons. The fourth-order valence-electron chi connectivity index (χ4n) is 7.71. The second-order valence-corrected chi connectivity index (χ2v) is 12.0. The predicted octanol–water partition coefficient (Wildman–Crippen LogP) is 7.37. The Hall–Kier alpha value is -1.36. The topological polar surface area (TPSA) is 36.9 Å². The van der Waals surface area contributed by atoms with E-state index in [1.165, 1.54) is 17.6 Å². The number of benzene rings is 1. The molecule has 1 spiro atoms. The monoisotopic (exact) mass is 484 g/mol. The summed E-state index contributed by atoms with van der Waals surface area (Å²) in [7, 11) is 3.57. The largest absolute Gasteiger partial charge is 0.497 e. The van der Waals surface area contributed by atoms with Crippen molar-refractivity contribution < 1.29 is 18.9 Å². The zero-order chi connectivity index (χ0) is 25.4. The summed E-state index contributed by atoms with van der Waals surface area (Å²) in [5.41, 5.74) is 2.79. The lowest BCUT2D eigenvalue weighted by Crippen LogP contribution is -2.52. The SMILES string of the molecule is CC[C@@H]1[C@@H]([C@@](C)(CC[C@@H](C)OC)C(C)C)C(c2ccc(OC)cc2)=C[C@@]2(C)[C@H]1CCC21OCCO1. The van der Waals surface area contributed by atoms with Gasteiger partial charge in [-0.05, 0) is 78.5 Å². The Morgan fingerprint density at radius 1 is 1.09 bits per heavy atom. The molecule has 0 unspecified atom stereocenters. The molecule has 1 aromatic carbocycles. The molecule has 6 atom stereocenters. The van der Waals surface area contributed by atoms with Crippen molar-refractivity contribution in [3.05, 3.63) is 35.9 Å². The van der Waals surface area contributed by atoms with Gasteiger partial charge >= 0.3 is 0 Å². The summed E-state index contributed by atoms with van der Waals surface area (Å²) in [6.07, 6.45) is 8.40. The van der Waals surface area contributed by atoms with Crippen molar-refractivity contribution in [3.63, 3.8) is 0 Å². The molecule has 1 saturated heterocycles. The van der Waals surface area contributed by atoms with Crippen LogP contribution in [0.5, 0.6) is 5.75 Å². The Bertz CT molecular complexity index is 884. The van der Waals surface area contributed by atoms with E-state index in [0.717, 1.165) is 31.4 Å². The van der Waals surface area contributed by atoms with Crippen LogP contribution in [0.25, 0.3) is 5.57 Å². The van der Waals surface area contributed by atoms with Crippen LogP contribution in [0.15, 0.2) is 30.3 Å². The fraction of sp³-hybridized carbons (Fsp3) is 0.742. The third kappa shape index (κ3) is 4.38. The van der Waals surface area contributed by atoms with Crippen LogP contribution in [-0.2, 0) is 14.2 Å². The van der Waals surface area contributed by atoms with Crippen molar-refractivity contribution in [2.45, 2.75) is 85.5 Å². The smallest absolute Gasteiger partial charge is 0.177 e. The zero-order valence-electron chi connectivity index (χ0n) is 23.4. The molecule has 0 amide bonds. The van der Waals surface area contributed by atoms with Crippen LogP contribution in [0.2, 0.25) is 0 Å². The van der Waals surface area contributed by atoms with Gasteiger partial charge in [-0.15, -0.1) is 0 Å². The number of rotatable bonds is 9. The van der Waals surface area contributed by atoms with E-state index in [2.05, 4.69) is 71.9 Å². The Morgan fingerprint density at radius 2 is 1.74 bits per heavy atom. The van der Waals surface area contributed by atoms with Crippen molar-refractivity contribution in [2.75, 3.05) is 27.4 Å². The molecule has 1 heterocycles. The molecule has 35 heavy (non-hydrogen) atoms. The first-order valence-corrected chi connectivity index (χ1v) is 13.8. The lowest BCUT2D eigenvalue weighted by atomic mass is 9.50. The van der Waals surface area contributed by atoms with E-state index in [1.807, 2.05) is 7.11 Å². The highest BCUT2D eigenvalue weighted by Gasteiger charge is 2.65. The number of ether oxygens (including phenoxy) is 4. The molecular formula is C31H48O4. The summed E-state index contributed by atoms with van der Waals surface area (Å²) >= 11 is 0. The maximum Gasteiger partial charge on any atom is 0.177 e. The second kappa shape index (κ2) is 10.2. The fourth-order valence-corrected chi connectivity index (χ4v) is 7.71. The van der Waals surface area contributed by atoms with Gasteiger partial charge < -0.3 is 18.9 Å². The molecule has 1 saturated carbocycles. The number of methoxy groups -OCH3 is 2.